The van der Waals surface area contributed by atoms with Gasteiger partial charge in [0.2, 0.25) is 0 Å². The molecule has 16 heavy (non-hydrogen) atoms. The maximum Gasteiger partial charge on any atom is 0.0665 e. The van der Waals surface area contributed by atoms with Crippen molar-refractivity contribution in [1.29, 1.82) is 0 Å². The molecule has 0 saturated heterocycles. The quantitative estimate of drug-likeness (QED) is 0.847. The summed E-state index contributed by atoms with van der Waals surface area (Å²) in [6, 6.07) is 4.50. The Morgan fingerprint density at radius 1 is 1.44 bits per heavy atom. The van der Waals surface area contributed by atoms with Gasteiger partial charge < -0.3 is 10.1 Å². The van der Waals surface area contributed by atoms with Gasteiger partial charge in [-0.05, 0) is 25.5 Å². The molecule has 0 bridgehead atoms. The van der Waals surface area contributed by atoms with E-state index in [2.05, 4.69) is 31.1 Å². The molecule has 2 unspecified atom stereocenters. The second-order valence-corrected chi connectivity index (χ2v) is 4.93. The summed E-state index contributed by atoms with van der Waals surface area (Å²) < 4.78 is 5.71. The van der Waals surface area contributed by atoms with Crippen molar-refractivity contribution in [2.75, 3.05) is 11.9 Å². The average Bonchev–Trinajstić information content (AvgIpc) is 2.29. The van der Waals surface area contributed by atoms with Crippen LogP contribution in [0.25, 0.3) is 0 Å². The smallest absolute Gasteiger partial charge is 0.0665 e. The summed E-state index contributed by atoms with van der Waals surface area (Å²) in [6.45, 7) is 7.38. The van der Waals surface area contributed by atoms with Gasteiger partial charge in [0.05, 0.1) is 6.10 Å². The van der Waals surface area contributed by atoms with Gasteiger partial charge in [0.1, 0.15) is 0 Å². The lowest BCUT2D eigenvalue weighted by Gasteiger charge is -2.52. The third-order valence-electron chi connectivity index (χ3n) is 3.57. The Bertz CT molecular complexity index is 337. The molecule has 0 aromatic carbocycles. The van der Waals surface area contributed by atoms with E-state index in [1.807, 2.05) is 24.5 Å². The summed E-state index contributed by atoms with van der Waals surface area (Å²) in [5.74, 6) is 0. The van der Waals surface area contributed by atoms with Crippen LogP contribution in [-0.4, -0.2) is 23.7 Å². The second kappa shape index (κ2) is 4.42. The van der Waals surface area contributed by atoms with Crippen LogP contribution in [0.5, 0.6) is 0 Å². The summed E-state index contributed by atoms with van der Waals surface area (Å²) in [5.41, 5.74) is 1.35. The van der Waals surface area contributed by atoms with E-state index in [1.54, 1.807) is 0 Å². The van der Waals surface area contributed by atoms with Crippen molar-refractivity contribution in [3.05, 3.63) is 24.5 Å². The molecule has 88 valence electrons. The highest BCUT2D eigenvalue weighted by molar-refractivity contribution is 5.43. The van der Waals surface area contributed by atoms with Gasteiger partial charge >= 0.3 is 0 Å². The number of nitrogens with one attached hydrogen (secondary N) is 1. The molecule has 3 heteroatoms. The number of aromatic nitrogens is 1. The monoisotopic (exact) mass is 220 g/mol. The minimum absolute atomic E-state index is 0.208. The van der Waals surface area contributed by atoms with E-state index >= 15 is 0 Å². The van der Waals surface area contributed by atoms with Crippen LogP contribution in [0.2, 0.25) is 0 Å². The summed E-state index contributed by atoms with van der Waals surface area (Å²) in [6.07, 6.45) is 5.10. The molecule has 1 aromatic rings. The number of nitrogens with zero attached hydrogens (tertiary/aromatic N) is 1. The number of ether oxygens (including phenoxy) is 1. The summed E-state index contributed by atoms with van der Waals surface area (Å²) in [4.78, 5) is 4.01. The van der Waals surface area contributed by atoms with Gasteiger partial charge in [0.15, 0.2) is 0 Å². The Kier molecular flexibility index (Phi) is 3.15. The molecule has 1 aromatic heterocycles. The lowest BCUT2D eigenvalue weighted by Crippen LogP contribution is -2.58. The predicted octanol–water partition coefficient (Wildman–Crippen LogP) is 2.70. The fourth-order valence-corrected chi connectivity index (χ4v) is 2.26. The molecule has 1 aliphatic rings. The van der Waals surface area contributed by atoms with Crippen LogP contribution in [-0.2, 0) is 4.74 Å². The van der Waals surface area contributed by atoms with Crippen molar-refractivity contribution >= 4 is 5.69 Å². The Morgan fingerprint density at radius 3 is 2.69 bits per heavy atom. The number of rotatable bonds is 4. The van der Waals surface area contributed by atoms with Gasteiger partial charge in [0, 0.05) is 36.1 Å². The van der Waals surface area contributed by atoms with E-state index in [0.29, 0.717) is 12.1 Å². The molecule has 1 fully saturated rings. The lowest BCUT2D eigenvalue weighted by molar-refractivity contribution is -0.0975. The standard InChI is InChI=1S/C13H20N2O/c1-4-16-12-9-11(13(12,2)3)15-10-5-7-14-8-6-10/h5-8,11-12H,4,9H2,1-3H3,(H,14,15). The van der Waals surface area contributed by atoms with Crippen LogP contribution in [0.1, 0.15) is 27.2 Å². The Labute approximate surface area is 97.2 Å². The van der Waals surface area contributed by atoms with Gasteiger partial charge in [-0.25, -0.2) is 0 Å². The minimum Gasteiger partial charge on any atom is -0.381 e. The van der Waals surface area contributed by atoms with Gasteiger partial charge in [-0.2, -0.15) is 0 Å². The number of pyridine rings is 1. The Hall–Kier alpha value is -1.09. The number of anilines is 1. The zero-order chi connectivity index (χ0) is 11.6. The number of hydrogen-bond donors (Lipinski definition) is 1. The fraction of sp³-hybridized carbons (Fsp3) is 0.615. The normalized spacial score (nSPS) is 27.2. The molecule has 2 rings (SSSR count). The molecular formula is C13H20N2O. The van der Waals surface area contributed by atoms with Crippen molar-refractivity contribution in [3.63, 3.8) is 0 Å². The van der Waals surface area contributed by atoms with Gasteiger partial charge in [-0.1, -0.05) is 13.8 Å². The molecule has 2 atom stereocenters. The molecule has 0 spiro atoms. The summed E-state index contributed by atoms with van der Waals surface area (Å²) >= 11 is 0. The first-order valence-corrected chi connectivity index (χ1v) is 5.92. The first-order chi connectivity index (χ1) is 7.64. The topological polar surface area (TPSA) is 34.1 Å². The third kappa shape index (κ3) is 2.05. The van der Waals surface area contributed by atoms with Crippen molar-refractivity contribution in [3.8, 4) is 0 Å². The lowest BCUT2D eigenvalue weighted by atomic mass is 9.64. The van der Waals surface area contributed by atoms with Crippen molar-refractivity contribution in [2.24, 2.45) is 5.41 Å². The van der Waals surface area contributed by atoms with Crippen LogP contribution < -0.4 is 5.32 Å². The first kappa shape index (κ1) is 11.4. The van der Waals surface area contributed by atoms with E-state index in [4.69, 9.17) is 4.74 Å². The maximum absolute atomic E-state index is 5.71. The highest BCUT2D eigenvalue weighted by Crippen LogP contribution is 2.44. The molecule has 1 aliphatic carbocycles. The zero-order valence-corrected chi connectivity index (χ0v) is 10.2. The van der Waals surface area contributed by atoms with E-state index < -0.39 is 0 Å². The molecule has 1 N–H and O–H groups in total. The summed E-state index contributed by atoms with van der Waals surface area (Å²) in [7, 11) is 0. The van der Waals surface area contributed by atoms with Crippen molar-refractivity contribution in [1.82, 2.24) is 4.98 Å². The molecule has 0 amide bonds. The zero-order valence-electron chi connectivity index (χ0n) is 10.2. The highest BCUT2D eigenvalue weighted by atomic mass is 16.5. The third-order valence-corrected chi connectivity index (χ3v) is 3.57. The molecular weight excluding hydrogens is 200 g/mol. The van der Waals surface area contributed by atoms with E-state index in [-0.39, 0.29) is 5.41 Å². The minimum atomic E-state index is 0.208. The van der Waals surface area contributed by atoms with Crippen molar-refractivity contribution < 1.29 is 4.74 Å². The largest absolute Gasteiger partial charge is 0.381 e. The second-order valence-electron chi connectivity index (χ2n) is 4.93. The molecule has 3 nitrogen and oxygen atoms in total. The van der Waals surface area contributed by atoms with E-state index in [0.717, 1.165) is 18.7 Å². The van der Waals surface area contributed by atoms with Gasteiger partial charge in [0.25, 0.3) is 0 Å². The van der Waals surface area contributed by atoms with Crippen LogP contribution in [0.15, 0.2) is 24.5 Å². The molecule has 0 aliphatic heterocycles. The maximum atomic E-state index is 5.71. The van der Waals surface area contributed by atoms with Crippen LogP contribution >= 0.6 is 0 Å². The van der Waals surface area contributed by atoms with Gasteiger partial charge in [-0.3, -0.25) is 4.98 Å². The van der Waals surface area contributed by atoms with E-state index in [9.17, 15) is 0 Å². The van der Waals surface area contributed by atoms with Crippen LogP contribution in [0.3, 0.4) is 0 Å². The SMILES string of the molecule is CCOC1CC(Nc2ccncc2)C1(C)C. The van der Waals surface area contributed by atoms with Crippen LogP contribution in [0.4, 0.5) is 5.69 Å². The van der Waals surface area contributed by atoms with Gasteiger partial charge in [-0.15, -0.1) is 0 Å². The molecule has 1 heterocycles. The Morgan fingerprint density at radius 2 is 2.12 bits per heavy atom. The molecule has 0 radical (unpaired) electrons. The fourth-order valence-electron chi connectivity index (χ4n) is 2.26. The summed E-state index contributed by atoms with van der Waals surface area (Å²) in [5, 5.41) is 3.54. The van der Waals surface area contributed by atoms with E-state index in [1.165, 1.54) is 0 Å². The Balaban J connectivity index is 1.94. The number of hydrogen-bond acceptors (Lipinski definition) is 3. The molecule has 1 saturated carbocycles. The first-order valence-electron chi connectivity index (χ1n) is 5.92. The average molecular weight is 220 g/mol. The highest BCUT2D eigenvalue weighted by Gasteiger charge is 2.48. The predicted molar refractivity (Wildman–Crippen MR) is 65.5 cm³/mol. The van der Waals surface area contributed by atoms with Crippen LogP contribution in [0, 0.1) is 5.41 Å². The van der Waals surface area contributed by atoms with Crippen molar-refractivity contribution in [2.45, 2.75) is 39.3 Å².